The number of hydrogen-bond donors (Lipinski definition) is 0. The molecule has 0 aliphatic heterocycles. The molecule has 1 aromatic heterocycles. The van der Waals surface area contributed by atoms with Gasteiger partial charge in [-0.25, -0.2) is 13.8 Å². The fourth-order valence-corrected chi connectivity index (χ4v) is 1.38. The highest BCUT2D eigenvalue weighted by atomic mass is 79.9. The van der Waals surface area contributed by atoms with Gasteiger partial charge in [0, 0.05) is 0 Å². The van der Waals surface area contributed by atoms with Gasteiger partial charge in [-0.3, -0.25) is 0 Å². The second kappa shape index (κ2) is 3.90. The van der Waals surface area contributed by atoms with Crippen LogP contribution in [0.15, 0.2) is 10.9 Å². The fraction of sp³-hybridized carbons (Fsp3) is 0.200. The second-order valence-corrected chi connectivity index (χ2v) is 2.98. The zero-order valence-electron chi connectivity index (χ0n) is 5.95. The molecule has 0 saturated carbocycles. The number of imidazole rings is 1. The van der Waals surface area contributed by atoms with Crippen LogP contribution in [0.3, 0.4) is 0 Å². The Morgan fingerprint density at radius 2 is 2.58 bits per heavy atom. The normalized spacial score (nSPS) is 9.92. The standard InChI is InChI=1S/C5H4BrFN2O2S/c1-11-4(10)3-2-8-5(6)9(3)12-7/h2H,1H3. The smallest absolute Gasteiger partial charge is 0.357 e. The average molecular weight is 255 g/mol. The van der Waals surface area contributed by atoms with E-state index in [1.54, 1.807) is 0 Å². The molecule has 0 fully saturated rings. The lowest BCUT2D eigenvalue weighted by atomic mass is 10.5. The largest absolute Gasteiger partial charge is 0.464 e. The Morgan fingerprint density at radius 1 is 1.92 bits per heavy atom. The lowest BCUT2D eigenvalue weighted by molar-refractivity contribution is 0.0593. The summed E-state index contributed by atoms with van der Waals surface area (Å²) in [6, 6.07) is 0. The first kappa shape index (κ1) is 9.53. The third kappa shape index (κ3) is 1.61. The van der Waals surface area contributed by atoms with Crippen LogP contribution in [-0.2, 0) is 4.74 Å². The van der Waals surface area contributed by atoms with Crippen molar-refractivity contribution in [1.29, 1.82) is 0 Å². The quantitative estimate of drug-likeness (QED) is 0.756. The molecule has 4 nitrogen and oxygen atoms in total. The van der Waals surface area contributed by atoms with Crippen LogP contribution in [0.25, 0.3) is 0 Å². The molecule has 0 radical (unpaired) electrons. The Bertz CT molecular complexity index is 304. The van der Waals surface area contributed by atoms with Gasteiger partial charge in [0.25, 0.3) is 0 Å². The number of carbonyl (C=O) groups is 1. The summed E-state index contributed by atoms with van der Waals surface area (Å²) in [4.78, 5) is 14.6. The van der Waals surface area contributed by atoms with Crippen molar-refractivity contribution in [2.24, 2.45) is 0 Å². The minimum atomic E-state index is -0.627. The SMILES string of the molecule is COC(=O)c1cnc(Br)n1SF. The molecule has 1 aromatic rings. The van der Waals surface area contributed by atoms with E-state index in [0.717, 1.165) is 3.97 Å². The third-order valence-corrected chi connectivity index (χ3v) is 2.45. The minimum absolute atomic E-state index is 0.0527. The van der Waals surface area contributed by atoms with E-state index in [-0.39, 0.29) is 22.8 Å². The molecule has 0 spiro atoms. The van der Waals surface area contributed by atoms with Crippen molar-refractivity contribution in [2.75, 3.05) is 7.11 Å². The second-order valence-electron chi connectivity index (χ2n) is 1.77. The number of nitrogens with zero attached hydrogens (tertiary/aromatic N) is 2. The molecule has 0 saturated heterocycles. The molecule has 0 aromatic carbocycles. The maximum absolute atomic E-state index is 12.2. The summed E-state index contributed by atoms with van der Waals surface area (Å²) in [7, 11) is 1.22. The number of methoxy groups -OCH3 is 1. The van der Waals surface area contributed by atoms with E-state index in [1.807, 2.05) is 0 Å². The fourth-order valence-electron chi connectivity index (χ4n) is 0.625. The van der Waals surface area contributed by atoms with Gasteiger partial charge in [0.1, 0.15) is 0 Å². The maximum atomic E-state index is 12.2. The number of aromatic nitrogens is 2. The van der Waals surface area contributed by atoms with Gasteiger partial charge in [0.15, 0.2) is 22.8 Å². The lowest BCUT2D eigenvalue weighted by Gasteiger charge is -1.99. The number of carbonyl (C=O) groups excluding carboxylic acids is 1. The summed E-state index contributed by atoms with van der Waals surface area (Å²) in [5, 5.41) is 0. The van der Waals surface area contributed by atoms with Crippen LogP contribution < -0.4 is 0 Å². The molecule has 0 unspecified atom stereocenters. The van der Waals surface area contributed by atoms with Crippen molar-refractivity contribution in [2.45, 2.75) is 0 Å². The summed E-state index contributed by atoms with van der Waals surface area (Å²) in [5.74, 6) is -0.627. The van der Waals surface area contributed by atoms with E-state index in [9.17, 15) is 8.68 Å². The lowest BCUT2D eigenvalue weighted by Crippen LogP contribution is -2.05. The third-order valence-electron chi connectivity index (χ3n) is 1.14. The topological polar surface area (TPSA) is 44.1 Å². The van der Waals surface area contributed by atoms with Gasteiger partial charge < -0.3 is 4.74 Å². The average Bonchev–Trinajstić information content (AvgIpc) is 2.45. The van der Waals surface area contributed by atoms with Crippen LogP contribution >= 0.6 is 28.3 Å². The highest BCUT2D eigenvalue weighted by molar-refractivity contribution is 9.10. The molecule has 0 N–H and O–H groups in total. The minimum Gasteiger partial charge on any atom is -0.464 e. The van der Waals surface area contributed by atoms with E-state index in [0.29, 0.717) is 0 Å². The van der Waals surface area contributed by atoms with E-state index in [4.69, 9.17) is 0 Å². The molecule has 1 heterocycles. The summed E-state index contributed by atoms with van der Waals surface area (Å²) in [5.41, 5.74) is 0.0527. The van der Waals surface area contributed by atoms with Crippen molar-refractivity contribution in [3.8, 4) is 0 Å². The number of rotatable bonds is 2. The number of halogens is 2. The van der Waals surface area contributed by atoms with Crippen molar-refractivity contribution in [1.82, 2.24) is 8.96 Å². The Balaban J connectivity index is 3.07. The van der Waals surface area contributed by atoms with Crippen LogP contribution in [-0.4, -0.2) is 22.0 Å². The van der Waals surface area contributed by atoms with Crippen molar-refractivity contribution >= 4 is 34.2 Å². The number of esters is 1. The molecule has 12 heavy (non-hydrogen) atoms. The molecule has 7 heteroatoms. The summed E-state index contributed by atoms with van der Waals surface area (Å²) in [6.45, 7) is 0. The first-order valence-electron chi connectivity index (χ1n) is 2.81. The van der Waals surface area contributed by atoms with Crippen LogP contribution in [0, 0.1) is 0 Å². The van der Waals surface area contributed by atoms with E-state index in [1.165, 1.54) is 13.3 Å². The van der Waals surface area contributed by atoms with Gasteiger partial charge >= 0.3 is 5.97 Å². The van der Waals surface area contributed by atoms with Gasteiger partial charge in [-0.1, -0.05) is 0 Å². The zero-order valence-corrected chi connectivity index (χ0v) is 8.35. The number of hydrogen-bond acceptors (Lipinski definition) is 4. The molecular formula is C5H4BrFN2O2S. The van der Waals surface area contributed by atoms with Gasteiger partial charge in [-0.05, 0) is 15.9 Å². The first-order valence-corrected chi connectivity index (χ1v) is 4.28. The Labute approximate surface area is 80.7 Å². The summed E-state index contributed by atoms with van der Waals surface area (Å²) in [6.07, 6.45) is 1.22. The molecule has 1 rings (SSSR count). The monoisotopic (exact) mass is 254 g/mol. The van der Waals surface area contributed by atoms with Gasteiger partial charge in [-0.2, -0.15) is 0 Å². The Morgan fingerprint density at radius 3 is 3.08 bits per heavy atom. The predicted octanol–water partition coefficient (Wildman–Crippen LogP) is 1.81. The van der Waals surface area contributed by atoms with E-state index < -0.39 is 5.97 Å². The molecule has 0 bridgehead atoms. The molecule has 0 atom stereocenters. The maximum Gasteiger partial charge on any atom is 0.357 e. The van der Waals surface area contributed by atoms with Crippen molar-refractivity contribution in [3.05, 3.63) is 16.6 Å². The van der Waals surface area contributed by atoms with Crippen LogP contribution in [0.5, 0.6) is 0 Å². The Kier molecular flexibility index (Phi) is 3.10. The van der Waals surface area contributed by atoms with E-state index in [2.05, 4.69) is 25.7 Å². The van der Waals surface area contributed by atoms with Gasteiger partial charge in [0.2, 0.25) is 0 Å². The highest BCUT2D eigenvalue weighted by Crippen LogP contribution is 2.20. The van der Waals surface area contributed by atoms with Crippen molar-refractivity contribution < 1.29 is 13.4 Å². The predicted molar refractivity (Wildman–Crippen MR) is 45.4 cm³/mol. The van der Waals surface area contributed by atoms with Gasteiger partial charge in [-0.15, -0.1) is 3.89 Å². The van der Waals surface area contributed by atoms with E-state index >= 15 is 0 Å². The number of ether oxygens (including phenoxy) is 1. The van der Waals surface area contributed by atoms with Crippen LogP contribution in [0.4, 0.5) is 3.89 Å². The molecular weight excluding hydrogens is 251 g/mol. The molecule has 66 valence electrons. The summed E-state index contributed by atoms with van der Waals surface area (Å²) < 4.78 is 17.8. The molecule has 0 aliphatic rings. The van der Waals surface area contributed by atoms with Crippen molar-refractivity contribution in [3.63, 3.8) is 0 Å². The Hall–Kier alpha value is -0.560. The summed E-state index contributed by atoms with van der Waals surface area (Å²) >= 11 is 2.84. The van der Waals surface area contributed by atoms with Crippen LogP contribution in [0.2, 0.25) is 0 Å². The first-order chi connectivity index (χ1) is 5.70. The molecule has 0 amide bonds. The zero-order chi connectivity index (χ0) is 9.14. The van der Waals surface area contributed by atoms with Gasteiger partial charge in [0.05, 0.1) is 13.3 Å². The highest BCUT2D eigenvalue weighted by Gasteiger charge is 2.16. The van der Waals surface area contributed by atoms with Crippen LogP contribution in [0.1, 0.15) is 10.5 Å². The molecule has 0 aliphatic carbocycles.